The highest BCUT2D eigenvalue weighted by atomic mass is 31.3. The second-order valence-corrected chi connectivity index (χ2v) is 14.3. The van der Waals surface area contributed by atoms with Crippen molar-refractivity contribution in [3.05, 3.63) is 60.8 Å². The summed E-state index contributed by atoms with van der Waals surface area (Å²) >= 11 is 0. The summed E-state index contributed by atoms with van der Waals surface area (Å²) in [5.74, 6) is -0.417. The zero-order chi connectivity index (χ0) is 33.0. The molecule has 2 aromatic carbocycles. The minimum Gasteiger partial charge on any atom is -0.436 e. The number of nitrogen functional groups attached to an aromatic ring is 1. The molecule has 5 atom stereocenters. The first kappa shape index (κ1) is 32.5. The third-order valence-corrected chi connectivity index (χ3v) is 10.6. The van der Waals surface area contributed by atoms with Gasteiger partial charge in [-0.1, -0.05) is 18.2 Å². The Labute approximate surface area is 256 Å². The maximum absolute atomic E-state index is 15.7. The van der Waals surface area contributed by atoms with Gasteiger partial charge in [-0.3, -0.25) is 4.52 Å². The largest absolute Gasteiger partial charge is 0.490 e. The highest BCUT2D eigenvalue weighted by Gasteiger charge is 2.43. The standard InChI is InChI=1S/C24H23FN5O13P3/c25-15-7-12(24-29-16-3-1-2-4-18(16)41-24)5-6-13(15)14-9-30(23-21(14)22(26)27-11-28-23)20-8-17(31)19(40-20)10-39-45(35,36)43-46(37,38)42-44(32,33)34/h1-7,9,11,17,19-20,31H,8,10H2,(H,35,36)(H,37,38)(H2,26,27,28)(H2,32,33,34)/t17-,19+,20+/m0/s1. The number of aliphatic hydroxyl groups excluding tert-OH is 1. The molecule has 46 heavy (non-hydrogen) atoms. The molecule has 22 heteroatoms. The van der Waals surface area contributed by atoms with E-state index in [0.717, 1.165) is 0 Å². The molecule has 0 aliphatic carbocycles. The Bertz CT molecular complexity index is 2070. The smallest absolute Gasteiger partial charge is 0.436 e. The number of fused-ring (bicyclic) bond motifs is 2. The van der Waals surface area contributed by atoms with Crippen molar-refractivity contribution in [2.75, 3.05) is 12.3 Å². The monoisotopic (exact) mass is 701 g/mol. The number of oxazole rings is 1. The molecule has 2 unspecified atom stereocenters. The predicted octanol–water partition coefficient (Wildman–Crippen LogP) is 3.62. The molecule has 1 saturated heterocycles. The topological polar surface area (TPSA) is 272 Å². The number of ether oxygens (including phenoxy) is 1. The average molecular weight is 701 g/mol. The van der Waals surface area contributed by atoms with Crippen LogP contribution in [0.1, 0.15) is 12.6 Å². The van der Waals surface area contributed by atoms with Crippen LogP contribution in [0.25, 0.3) is 44.7 Å². The summed E-state index contributed by atoms with van der Waals surface area (Å²) in [4.78, 5) is 49.0. The maximum atomic E-state index is 15.7. The first-order valence-corrected chi connectivity index (χ1v) is 17.5. The van der Waals surface area contributed by atoms with Crippen molar-refractivity contribution in [3.63, 3.8) is 0 Å². The first-order valence-electron chi connectivity index (χ1n) is 13.0. The molecule has 1 aliphatic rings. The number of benzene rings is 2. The fourth-order valence-electron chi connectivity index (χ4n) is 4.90. The number of phosphoric acid groups is 3. The Hall–Kier alpha value is -3.41. The maximum Gasteiger partial charge on any atom is 0.490 e. The van der Waals surface area contributed by atoms with Crippen LogP contribution in [0, 0.1) is 5.82 Å². The van der Waals surface area contributed by atoms with Gasteiger partial charge in [0.2, 0.25) is 5.89 Å². The summed E-state index contributed by atoms with van der Waals surface area (Å²) in [6.45, 7) is -0.879. The van der Waals surface area contributed by atoms with E-state index in [0.29, 0.717) is 16.7 Å². The van der Waals surface area contributed by atoms with Crippen molar-refractivity contribution in [2.45, 2.75) is 24.9 Å². The molecule has 7 N–H and O–H groups in total. The third kappa shape index (κ3) is 6.82. The van der Waals surface area contributed by atoms with Crippen molar-refractivity contribution in [1.29, 1.82) is 0 Å². The van der Waals surface area contributed by atoms with Gasteiger partial charge < -0.3 is 44.1 Å². The highest BCUT2D eigenvalue weighted by Crippen LogP contribution is 2.66. The normalized spacial score (nSPS) is 21.5. The van der Waals surface area contributed by atoms with Crippen LogP contribution in [-0.4, -0.2) is 63.0 Å². The molecule has 6 rings (SSSR count). The van der Waals surface area contributed by atoms with E-state index in [2.05, 4.69) is 28.1 Å². The second kappa shape index (κ2) is 12.0. The van der Waals surface area contributed by atoms with Gasteiger partial charge in [0.1, 0.15) is 41.5 Å². The number of aromatic nitrogens is 4. The Morgan fingerprint density at radius 3 is 2.50 bits per heavy atom. The van der Waals surface area contributed by atoms with Gasteiger partial charge in [-0.15, -0.1) is 0 Å². The van der Waals surface area contributed by atoms with Crippen LogP contribution in [0.15, 0.2) is 59.4 Å². The molecule has 3 aromatic heterocycles. The molecule has 0 amide bonds. The van der Waals surface area contributed by atoms with E-state index in [-0.39, 0.29) is 40.3 Å². The number of anilines is 1. The summed E-state index contributed by atoms with van der Waals surface area (Å²) in [6.07, 6.45) is -1.13. The van der Waals surface area contributed by atoms with Crippen LogP contribution in [0.4, 0.5) is 10.2 Å². The molecule has 18 nitrogen and oxygen atoms in total. The Morgan fingerprint density at radius 2 is 1.78 bits per heavy atom. The molecule has 5 aromatic rings. The molecule has 0 bridgehead atoms. The molecule has 4 heterocycles. The van der Waals surface area contributed by atoms with Crippen LogP contribution in [0.2, 0.25) is 0 Å². The second-order valence-electron chi connectivity index (χ2n) is 9.91. The van der Waals surface area contributed by atoms with Gasteiger partial charge in [0.25, 0.3) is 0 Å². The molecule has 0 radical (unpaired) electrons. The predicted molar refractivity (Wildman–Crippen MR) is 155 cm³/mol. The fourth-order valence-corrected chi connectivity index (χ4v) is 7.93. The molecule has 1 fully saturated rings. The summed E-state index contributed by atoms with van der Waals surface area (Å²) < 4.78 is 75.1. The molecule has 244 valence electrons. The van der Waals surface area contributed by atoms with Gasteiger partial charge in [0.15, 0.2) is 5.58 Å². The van der Waals surface area contributed by atoms with E-state index in [1.807, 2.05) is 0 Å². The lowest BCUT2D eigenvalue weighted by Crippen LogP contribution is -2.26. The summed E-state index contributed by atoms with van der Waals surface area (Å²) in [5, 5.41) is 10.9. The number of nitrogens with two attached hydrogens (primary N) is 1. The van der Waals surface area contributed by atoms with E-state index >= 15 is 4.39 Å². The molecule has 0 spiro atoms. The lowest BCUT2D eigenvalue weighted by molar-refractivity contribution is -0.0421. The number of hydrogen-bond acceptors (Lipinski definition) is 13. The zero-order valence-electron chi connectivity index (χ0n) is 22.9. The Balaban J connectivity index is 1.24. The van der Waals surface area contributed by atoms with Crippen LogP contribution in [-0.2, 0) is 31.6 Å². The minimum absolute atomic E-state index is 0.0175. The van der Waals surface area contributed by atoms with Gasteiger partial charge in [0, 0.05) is 29.3 Å². The summed E-state index contributed by atoms with van der Waals surface area (Å²) in [6, 6.07) is 11.4. The van der Waals surface area contributed by atoms with Crippen LogP contribution in [0.5, 0.6) is 0 Å². The van der Waals surface area contributed by atoms with E-state index in [1.54, 1.807) is 30.3 Å². The van der Waals surface area contributed by atoms with Crippen molar-refractivity contribution in [2.24, 2.45) is 0 Å². The Kier molecular flexibility index (Phi) is 8.48. The number of phosphoric ester groups is 1. The number of para-hydroxylation sites is 2. The third-order valence-electron chi connectivity index (χ3n) is 6.77. The number of rotatable bonds is 10. The summed E-state index contributed by atoms with van der Waals surface area (Å²) in [7, 11) is -16.8. The lowest BCUT2D eigenvalue weighted by Gasteiger charge is -2.19. The zero-order valence-corrected chi connectivity index (χ0v) is 25.6. The fraction of sp³-hybridized carbons (Fsp3) is 0.208. The van der Waals surface area contributed by atoms with Gasteiger partial charge in [-0.2, -0.15) is 8.62 Å². The quantitative estimate of drug-likeness (QED) is 0.113. The van der Waals surface area contributed by atoms with Crippen molar-refractivity contribution >= 4 is 51.4 Å². The van der Waals surface area contributed by atoms with Crippen LogP contribution in [0.3, 0.4) is 0 Å². The molecular formula is C24H23FN5O13P3. The Morgan fingerprint density at radius 1 is 1.02 bits per heavy atom. The first-order chi connectivity index (χ1) is 21.6. The van der Waals surface area contributed by atoms with Crippen LogP contribution < -0.4 is 5.73 Å². The molecule has 1 aliphatic heterocycles. The van der Waals surface area contributed by atoms with Gasteiger partial charge in [-0.05, 0) is 24.3 Å². The average Bonchev–Trinajstić information content (AvgIpc) is 3.65. The highest BCUT2D eigenvalue weighted by molar-refractivity contribution is 7.66. The van der Waals surface area contributed by atoms with Gasteiger partial charge >= 0.3 is 23.5 Å². The summed E-state index contributed by atoms with van der Waals surface area (Å²) in [5.41, 5.74) is 8.29. The number of hydrogen-bond donors (Lipinski definition) is 6. The van der Waals surface area contributed by atoms with Gasteiger partial charge in [-0.25, -0.2) is 33.0 Å². The molecule has 0 saturated carbocycles. The van der Waals surface area contributed by atoms with Crippen molar-refractivity contribution in [3.8, 4) is 22.6 Å². The molecular weight excluding hydrogens is 678 g/mol. The lowest BCUT2D eigenvalue weighted by atomic mass is 10.0. The van der Waals surface area contributed by atoms with Crippen molar-refractivity contribution in [1.82, 2.24) is 19.5 Å². The number of nitrogens with zero attached hydrogens (tertiary/aromatic N) is 4. The van der Waals surface area contributed by atoms with Crippen molar-refractivity contribution < 1.29 is 65.1 Å². The van der Waals surface area contributed by atoms with E-state index in [1.165, 1.54) is 29.2 Å². The van der Waals surface area contributed by atoms with Crippen LogP contribution >= 0.6 is 23.5 Å². The number of aliphatic hydroxyl groups is 1. The number of halogens is 1. The van der Waals surface area contributed by atoms with E-state index in [9.17, 15) is 28.6 Å². The van der Waals surface area contributed by atoms with E-state index in [4.69, 9.17) is 24.7 Å². The minimum atomic E-state index is -5.74. The van der Waals surface area contributed by atoms with Gasteiger partial charge in [0.05, 0.1) is 18.1 Å². The SMILES string of the molecule is Nc1ncnc2c1c(-c1ccc(-c3nc4ccccc4o3)cc1F)cn2[C@H]1C[C@H](O)[C@@H](COP(=O)(O)OP(=O)(O)OP(=O)(O)O)O1. The van der Waals surface area contributed by atoms with E-state index < -0.39 is 54.3 Å².